The minimum absolute atomic E-state index is 0. The van der Waals surface area contributed by atoms with E-state index in [4.69, 9.17) is 10.8 Å². The third-order valence-corrected chi connectivity index (χ3v) is 1.00. The minimum atomic E-state index is -0.931. The van der Waals surface area contributed by atoms with Gasteiger partial charge in [-0.3, -0.25) is 4.79 Å². The van der Waals surface area contributed by atoms with Gasteiger partial charge in [0.2, 0.25) is 0 Å². The quantitative estimate of drug-likeness (QED) is 0.538. The van der Waals surface area contributed by atoms with Crippen LogP contribution >= 0.6 is 0 Å². The van der Waals surface area contributed by atoms with Crippen LogP contribution in [0.4, 0.5) is 0 Å². The normalized spacial score (nSPS) is 12.4. The largest absolute Gasteiger partial charge is 0.480 e. The number of hydrogen-bond acceptors (Lipinski definition) is 2. The van der Waals surface area contributed by atoms with Crippen molar-refractivity contribution in [3.63, 3.8) is 0 Å². The van der Waals surface area contributed by atoms with E-state index in [9.17, 15) is 4.79 Å². The summed E-state index contributed by atoms with van der Waals surface area (Å²) < 4.78 is 0. The van der Waals surface area contributed by atoms with Gasteiger partial charge >= 0.3 is 5.97 Å². The van der Waals surface area contributed by atoms with Crippen LogP contribution in [0.3, 0.4) is 0 Å². The number of carboxylic acid groups (broad SMARTS) is 1. The second kappa shape index (κ2) is 5.82. The van der Waals surface area contributed by atoms with E-state index in [0.717, 1.165) is 0 Å². The summed E-state index contributed by atoms with van der Waals surface area (Å²) in [5, 5.41) is 8.23. The van der Waals surface area contributed by atoms with Crippen molar-refractivity contribution >= 4 is 57.4 Å². The van der Waals surface area contributed by atoms with Crippen molar-refractivity contribution in [2.75, 3.05) is 0 Å². The number of carboxylic acids is 1. The van der Waals surface area contributed by atoms with Gasteiger partial charge in [-0.05, 0) is 5.92 Å². The smallest absolute Gasteiger partial charge is 0.320 e. The van der Waals surface area contributed by atoms with E-state index in [-0.39, 0.29) is 57.3 Å². The fourth-order valence-corrected chi connectivity index (χ4v) is 0.285. The Kier molecular flexibility index (Phi) is 8.23. The van der Waals surface area contributed by atoms with Gasteiger partial charge < -0.3 is 10.8 Å². The maximum Gasteiger partial charge on any atom is 0.320 e. The molecule has 0 heterocycles. The molecule has 0 aromatic carbocycles. The topological polar surface area (TPSA) is 63.3 Å². The van der Waals surface area contributed by atoms with E-state index in [1.807, 2.05) is 0 Å². The minimum Gasteiger partial charge on any atom is -0.480 e. The molecule has 0 spiro atoms. The predicted molar refractivity (Wildman–Crippen MR) is 36.2 cm³/mol. The standard InChI is InChI=1S/C5H11NO2.K/c1-3(2)4(6)5(7)8;/h3-4H,6H2,1-2H3,(H,7,8);. The van der Waals surface area contributed by atoms with Crippen LogP contribution < -0.4 is 5.73 Å². The molecule has 0 aromatic heterocycles. The SMILES string of the molecule is CC(C)C(N)C(=O)O.[K]. The molecular formula is C5H11KNO2. The summed E-state index contributed by atoms with van der Waals surface area (Å²) in [5.74, 6) is -0.910. The number of aliphatic carboxylic acids is 1. The molecule has 3 N–H and O–H groups in total. The molecule has 1 radical (unpaired) electrons. The molecule has 0 aliphatic heterocycles. The van der Waals surface area contributed by atoms with E-state index in [1.54, 1.807) is 13.8 Å². The molecule has 0 bridgehead atoms. The summed E-state index contributed by atoms with van der Waals surface area (Å²) in [5.41, 5.74) is 5.16. The van der Waals surface area contributed by atoms with Gasteiger partial charge in [0.15, 0.2) is 0 Å². The maximum absolute atomic E-state index is 10.0. The van der Waals surface area contributed by atoms with Crippen LogP contribution in [-0.2, 0) is 4.79 Å². The Balaban J connectivity index is 0. The molecule has 49 valence electrons. The summed E-state index contributed by atoms with van der Waals surface area (Å²) in [6, 6.07) is -0.713. The van der Waals surface area contributed by atoms with Crippen LogP contribution in [0.5, 0.6) is 0 Å². The van der Waals surface area contributed by atoms with Gasteiger partial charge in [0.1, 0.15) is 6.04 Å². The first kappa shape index (κ1) is 12.7. The van der Waals surface area contributed by atoms with Crippen LogP contribution in [0.2, 0.25) is 0 Å². The molecule has 9 heavy (non-hydrogen) atoms. The van der Waals surface area contributed by atoms with Gasteiger partial charge in [0.05, 0.1) is 0 Å². The Bertz CT molecular complexity index is 95.0. The third kappa shape index (κ3) is 5.51. The zero-order valence-electron chi connectivity index (χ0n) is 6.09. The van der Waals surface area contributed by atoms with Gasteiger partial charge in [0, 0.05) is 51.4 Å². The Hall–Kier alpha value is 1.07. The van der Waals surface area contributed by atoms with Crippen molar-refractivity contribution < 1.29 is 9.90 Å². The molecule has 1 unspecified atom stereocenters. The molecule has 0 aliphatic rings. The summed E-state index contributed by atoms with van der Waals surface area (Å²) in [7, 11) is 0. The molecule has 0 saturated carbocycles. The Morgan fingerprint density at radius 3 is 1.89 bits per heavy atom. The third-order valence-electron chi connectivity index (χ3n) is 1.00. The van der Waals surface area contributed by atoms with Crippen molar-refractivity contribution in [2.24, 2.45) is 11.7 Å². The zero-order chi connectivity index (χ0) is 6.73. The summed E-state index contributed by atoms with van der Waals surface area (Å²) in [4.78, 5) is 10.0. The van der Waals surface area contributed by atoms with Crippen molar-refractivity contribution in [1.82, 2.24) is 0 Å². The molecule has 3 nitrogen and oxygen atoms in total. The van der Waals surface area contributed by atoms with Crippen molar-refractivity contribution in [2.45, 2.75) is 19.9 Å². The number of rotatable bonds is 2. The van der Waals surface area contributed by atoms with Crippen LogP contribution in [-0.4, -0.2) is 68.5 Å². The van der Waals surface area contributed by atoms with Crippen LogP contribution in [0.25, 0.3) is 0 Å². The average Bonchev–Trinajstić information content (AvgIpc) is 1.64. The van der Waals surface area contributed by atoms with Crippen LogP contribution in [0.1, 0.15) is 13.8 Å². The fraction of sp³-hybridized carbons (Fsp3) is 0.800. The van der Waals surface area contributed by atoms with Crippen molar-refractivity contribution in [3.05, 3.63) is 0 Å². The van der Waals surface area contributed by atoms with E-state index < -0.39 is 12.0 Å². The maximum atomic E-state index is 10.0. The monoisotopic (exact) mass is 156 g/mol. The van der Waals surface area contributed by atoms with E-state index in [1.165, 1.54) is 0 Å². The van der Waals surface area contributed by atoms with E-state index in [0.29, 0.717) is 0 Å². The summed E-state index contributed by atoms with van der Waals surface area (Å²) >= 11 is 0. The molecule has 0 aliphatic carbocycles. The molecule has 0 fully saturated rings. The fourth-order valence-electron chi connectivity index (χ4n) is 0.285. The molecule has 4 heteroatoms. The second-order valence-corrected chi connectivity index (χ2v) is 2.11. The first-order chi connectivity index (χ1) is 3.55. The van der Waals surface area contributed by atoms with Gasteiger partial charge in [-0.2, -0.15) is 0 Å². The number of nitrogens with two attached hydrogens (primary N) is 1. The number of hydrogen-bond donors (Lipinski definition) is 2. The molecule has 1 atom stereocenters. The Morgan fingerprint density at radius 1 is 1.56 bits per heavy atom. The van der Waals surface area contributed by atoms with Gasteiger partial charge in [-0.1, -0.05) is 13.8 Å². The summed E-state index contributed by atoms with van der Waals surface area (Å²) in [6.45, 7) is 3.55. The number of carbonyl (C=O) groups is 1. The van der Waals surface area contributed by atoms with E-state index >= 15 is 0 Å². The molecule has 0 aromatic rings. The van der Waals surface area contributed by atoms with Crippen molar-refractivity contribution in [3.8, 4) is 0 Å². The first-order valence-corrected chi connectivity index (χ1v) is 2.54. The Labute approximate surface area is 97.4 Å². The van der Waals surface area contributed by atoms with E-state index in [2.05, 4.69) is 0 Å². The zero-order valence-corrected chi connectivity index (χ0v) is 9.21. The summed E-state index contributed by atoms with van der Waals surface area (Å²) in [6.07, 6.45) is 0. The van der Waals surface area contributed by atoms with Gasteiger partial charge in [0.25, 0.3) is 0 Å². The predicted octanol–water partition coefficient (Wildman–Crippen LogP) is -0.327. The molecule has 0 saturated heterocycles. The molecule has 0 rings (SSSR count). The van der Waals surface area contributed by atoms with Crippen LogP contribution in [0.15, 0.2) is 0 Å². The van der Waals surface area contributed by atoms with Crippen molar-refractivity contribution in [1.29, 1.82) is 0 Å². The molecular weight excluding hydrogens is 145 g/mol. The van der Waals surface area contributed by atoms with Gasteiger partial charge in [-0.25, -0.2) is 0 Å². The molecule has 0 amide bonds. The second-order valence-electron chi connectivity index (χ2n) is 2.11. The first-order valence-electron chi connectivity index (χ1n) is 2.54. The average molecular weight is 156 g/mol. The van der Waals surface area contributed by atoms with Gasteiger partial charge in [-0.15, -0.1) is 0 Å². The Morgan fingerprint density at radius 2 is 1.89 bits per heavy atom. The van der Waals surface area contributed by atoms with Crippen LogP contribution in [0, 0.1) is 5.92 Å².